The number of anilines is 1. The highest BCUT2D eigenvalue weighted by Gasteiger charge is 2.31. The van der Waals surface area contributed by atoms with Gasteiger partial charge in [0.2, 0.25) is 5.82 Å². The first kappa shape index (κ1) is 20.5. The van der Waals surface area contributed by atoms with E-state index in [0.29, 0.717) is 43.3 Å². The zero-order valence-electron chi connectivity index (χ0n) is 17.4. The number of fused-ring (bicyclic) bond motifs is 1. The van der Waals surface area contributed by atoms with Gasteiger partial charge in [-0.15, -0.1) is 0 Å². The van der Waals surface area contributed by atoms with Crippen molar-refractivity contribution >= 4 is 23.1 Å². The average Bonchev–Trinajstić information content (AvgIpc) is 2.78. The maximum atomic E-state index is 12.9. The molecule has 3 aromatic rings. The van der Waals surface area contributed by atoms with Gasteiger partial charge in [-0.2, -0.15) is 0 Å². The summed E-state index contributed by atoms with van der Waals surface area (Å²) in [5.74, 6) is 0.368. The minimum Gasteiger partial charge on any atom is -0.347 e. The smallest absolute Gasteiger partial charge is 0.347 e. The van der Waals surface area contributed by atoms with Gasteiger partial charge in [-0.1, -0.05) is 32.0 Å². The van der Waals surface area contributed by atoms with Crippen molar-refractivity contribution < 1.29 is 9.72 Å². The molecular formula is C22H23N5O4. The van der Waals surface area contributed by atoms with Gasteiger partial charge in [0.1, 0.15) is 5.65 Å². The molecule has 1 fully saturated rings. The van der Waals surface area contributed by atoms with Crippen molar-refractivity contribution in [2.45, 2.75) is 19.8 Å². The van der Waals surface area contributed by atoms with Crippen molar-refractivity contribution in [1.82, 2.24) is 14.3 Å². The summed E-state index contributed by atoms with van der Waals surface area (Å²) in [4.78, 5) is 44.3. The summed E-state index contributed by atoms with van der Waals surface area (Å²) in [6, 6.07) is 12.6. The summed E-state index contributed by atoms with van der Waals surface area (Å²) in [5.41, 5.74) is 0.868. The van der Waals surface area contributed by atoms with Gasteiger partial charge in [-0.3, -0.25) is 24.1 Å². The zero-order chi connectivity index (χ0) is 22.1. The second-order valence-corrected chi connectivity index (χ2v) is 7.83. The standard InChI is InChI=1S/C22H23N5O4/c1-15(2)16-6-8-17(9-7-16)21(28)25-13-11-24(12-14-25)20-19(27(30)31)22(29)26-10-4-3-5-18(26)23-20/h3-10,15H,11-14H2,1-2H3. The van der Waals surface area contributed by atoms with Gasteiger partial charge in [-0.05, 0) is 35.7 Å². The third kappa shape index (κ3) is 3.86. The lowest BCUT2D eigenvalue weighted by Gasteiger charge is -2.35. The predicted octanol–water partition coefficient (Wildman–Crippen LogP) is 2.69. The highest BCUT2D eigenvalue weighted by molar-refractivity contribution is 5.94. The van der Waals surface area contributed by atoms with Crippen LogP contribution in [0.4, 0.5) is 11.5 Å². The first-order valence-electron chi connectivity index (χ1n) is 10.2. The summed E-state index contributed by atoms with van der Waals surface area (Å²) >= 11 is 0. The summed E-state index contributed by atoms with van der Waals surface area (Å²) in [6.45, 7) is 5.68. The van der Waals surface area contributed by atoms with E-state index < -0.39 is 16.2 Å². The highest BCUT2D eigenvalue weighted by atomic mass is 16.6. The first-order valence-corrected chi connectivity index (χ1v) is 10.2. The Kier molecular flexibility index (Phi) is 5.41. The van der Waals surface area contributed by atoms with Gasteiger partial charge in [0.25, 0.3) is 5.91 Å². The van der Waals surface area contributed by atoms with E-state index in [1.54, 1.807) is 28.0 Å². The third-order valence-corrected chi connectivity index (χ3v) is 5.57. The Morgan fingerprint density at radius 2 is 1.74 bits per heavy atom. The molecule has 3 heterocycles. The molecule has 1 aliphatic rings. The van der Waals surface area contributed by atoms with Crippen molar-refractivity contribution in [1.29, 1.82) is 0 Å². The quantitative estimate of drug-likeness (QED) is 0.474. The van der Waals surface area contributed by atoms with Crippen LogP contribution in [0.5, 0.6) is 0 Å². The van der Waals surface area contributed by atoms with Gasteiger partial charge in [0, 0.05) is 37.9 Å². The van der Waals surface area contributed by atoms with E-state index in [-0.39, 0.29) is 11.7 Å². The van der Waals surface area contributed by atoms with Gasteiger partial charge >= 0.3 is 11.2 Å². The van der Waals surface area contributed by atoms with Crippen LogP contribution in [0.1, 0.15) is 35.7 Å². The second kappa shape index (κ2) is 8.17. The van der Waals surface area contributed by atoms with Crippen molar-refractivity contribution in [3.63, 3.8) is 0 Å². The summed E-state index contributed by atoms with van der Waals surface area (Å²) in [6.07, 6.45) is 1.46. The molecule has 1 aromatic carbocycles. The highest BCUT2D eigenvalue weighted by Crippen LogP contribution is 2.24. The summed E-state index contributed by atoms with van der Waals surface area (Å²) in [7, 11) is 0. The number of piperazine rings is 1. The minimum atomic E-state index is -0.714. The van der Waals surface area contributed by atoms with Crippen molar-refractivity contribution in [2.75, 3.05) is 31.1 Å². The fraction of sp³-hybridized carbons (Fsp3) is 0.318. The number of carbonyl (C=O) groups is 1. The SMILES string of the molecule is CC(C)c1ccc(C(=O)N2CCN(c3nc4ccccn4c(=O)c3[N+](=O)[O-])CC2)cc1. The lowest BCUT2D eigenvalue weighted by atomic mass is 10.0. The van der Waals surface area contributed by atoms with Gasteiger partial charge < -0.3 is 9.80 Å². The van der Waals surface area contributed by atoms with Crippen LogP contribution in [0.3, 0.4) is 0 Å². The molecule has 1 aliphatic heterocycles. The molecule has 0 spiro atoms. The number of benzene rings is 1. The monoisotopic (exact) mass is 421 g/mol. The van der Waals surface area contributed by atoms with Crippen LogP contribution in [0, 0.1) is 10.1 Å². The number of aromatic nitrogens is 2. The van der Waals surface area contributed by atoms with Crippen LogP contribution in [-0.4, -0.2) is 51.3 Å². The van der Waals surface area contributed by atoms with Crippen molar-refractivity contribution in [3.05, 3.63) is 80.3 Å². The van der Waals surface area contributed by atoms with Crippen LogP contribution in [-0.2, 0) is 0 Å². The van der Waals surface area contributed by atoms with E-state index in [4.69, 9.17) is 0 Å². The molecule has 0 N–H and O–H groups in total. The van der Waals surface area contributed by atoms with E-state index in [1.165, 1.54) is 16.2 Å². The van der Waals surface area contributed by atoms with Crippen LogP contribution in [0.25, 0.3) is 5.65 Å². The molecule has 0 atom stereocenters. The molecule has 31 heavy (non-hydrogen) atoms. The number of rotatable bonds is 4. The lowest BCUT2D eigenvalue weighted by Crippen LogP contribution is -2.49. The number of pyridine rings is 1. The topological polar surface area (TPSA) is 101 Å². The fourth-order valence-corrected chi connectivity index (χ4v) is 3.76. The molecule has 0 bridgehead atoms. The molecule has 4 rings (SSSR count). The first-order chi connectivity index (χ1) is 14.9. The molecule has 0 aliphatic carbocycles. The van der Waals surface area contributed by atoms with Crippen LogP contribution >= 0.6 is 0 Å². The van der Waals surface area contributed by atoms with Crippen LogP contribution < -0.4 is 10.5 Å². The molecule has 1 amide bonds. The molecular weight excluding hydrogens is 398 g/mol. The third-order valence-electron chi connectivity index (χ3n) is 5.57. The zero-order valence-corrected chi connectivity index (χ0v) is 17.4. The Morgan fingerprint density at radius 3 is 2.35 bits per heavy atom. The Balaban J connectivity index is 1.55. The normalized spacial score (nSPS) is 14.3. The van der Waals surface area contributed by atoms with Crippen LogP contribution in [0.15, 0.2) is 53.5 Å². The van der Waals surface area contributed by atoms with Crippen LogP contribution in [0.2, 0.25) is 0 Å². The van der Waals surface area contributed by atoms with Crippen molar-refractivity contribution in [3.8, 4) is 0 Å². The number of hydrogen-bond acceptors (Lipinski definition) is 6. The molecule has 0 unspecified atom stereocenters. The Morgan fingerprint density at radius 1 is 1.06 bits per heavy atom. The number of amides is 1. The van der Waals surface area contributed by atoms with Crippen molar-refractivity contribution in [2.24, 2.45) is 0 Å². The maximum absolute atomic E-state index is 12.9. The average molecular weight is 421 g/mol. The summed E-state index contributed by atoms with van der Waals surface area (Å²) < 4.78 is 1.17. The minimum absolute atomic E-state index is 0.0505. The fourth-order valence-electron chi connectivity index (χ4n) is 3.76. The van der Waals surface area contributed by atoms with Gasteiger partial charge in [0.15, 0.2) is 0 Å². The molecule has 0 saturated carbocycles. The van der Waals surface area contributed by atoms with E-state index in [0.717, 1.165) is 0 Å². The summed E-state index contributed by atoms with van der Waals surface area (Å²) in [5, 5.41) is 11.6. The molecule has 1 saturated heterocycles. The largest absolute Gasteiger partial charge is 0.376 e. The van der Waals surface area contributed by atoms with E-state index in [2.05, 4.69) is 18.8 Å². The number of carbonyl (C=O) groups excluding carboxylic acids is 1. The Bertz CT molecular complexity index is 1190. The lowest BCUT2D eigenvalue weighted by molar-refractivity contribution is -0.385. The molecule has 160 valence electrons. The number of nitrogens with zero attached hydrogens (tertiary/aromatic N) is 5. The van der Waals surface area contributed by atoms with E-state index >= 15 is 0 Å². The van der Waals surface area contributed by atoms with E-state index in [9.17, 15) is 19.7 Å². The molecule has 9 heteroatoms. The predicted molar refractivity (Wildman–Crippen MR) is 117 cm³/mol. The van der Waals surface area contributed by atoms with Gasteiger partial charge in [-0.25, -0.2) is 4.98 Å². The molecule has 9 nitrogen and oxygen atoms in total. The van der Waals surface area contributed by atoms with E-state index in [1.807, 2.05) is 24.3 Å². The second-order valence-electron chi connectivity index (χ2n) is 7.83. The van der Waals surface area contributed by atoms with Gasteiger partial charge in [0.05, 0.1) is 4.92 Å². The Labute approximate surface area is 178 Å². The Hall–Kier alpha value is -3.75. The molecule has 0 radical (unpaired) electrons. The maximum Gasteiger partial charge on any atom is 0.376 e. The number of hydrogen-bond donors (Lipinski definition) is 0. The molecule has 2 aromatic heterocycles. The number of nitro groups is 1.